The van der Waals surface area contributed by atoms with E-state index in [1.807, 2.05) is 9.80 Å². The van der Waals surface area contributed by atoms with Gasteiger partial charge in [-0.05, 0) is 51.9 Å². The quantitative estimate of drug-likeness (QED) is 0.0624. The van der Waals surface area contributed by atoms with Gasteiger partial charge in [0.05, 0.1) is 13.1 Å². The number of piperazine rings is 1. The first kappa shape index (κ1) is 52.8. The summed E-state index contributed by atoms with van der Waals surface area (Å²) < 4.78 is 0. The molecule has 1 aliphatic heterocycles. The van der Waals surface area contributed by atoms with E-state index >= 15 is 0 Å². The first-order valence-electron chi connectivity index (χ1n) is 25.3. The maximum Gasteiger partial charge on any atom is 0.236 e. The predicted octanol–water partition coefficient (Wildman–Crippen LogP) is 12.0. The standard InChI is InChI=1S/C49H99N5O2/c1-5-9-13-17-21-22-23-24-28-32-36-50-46-48(55)53-42-44-54(45-43-53)49(56)47-52(39-35-31-27-20-16-12-8-4)41-40-51(37-33-29-25-18-14-10-6-2)38-34-30-26-19-15-11-7-3/h50H,5-47H2,1-4H3. The van der Waals surface area contributed by atoms with Gasteiger partial charge in [-0.25, -0.2) is 0 Å². The van der Waals surface area contributed by atoms with Crippen molar-refractivity contribution in [1.82, 2.24) is 24.9 Å². The maximum atomic E-state index is 13.7. The lowest BCUT2D eigenvalue weighted by atomic mass is 10.1. The van der Waals surface area contributed by atoms with Crippen LogP contribution >= 0.6 is 0 Å². The molecule has 0 radical (unpaired) electrons. The number of amides is 2. The molecule has 7 nitrogen and oxygen atoms in total. The molecule has 0 bridgehead atoms. The van der Waals surface area contributed by atoms with Gasteiger partial charge in [-0.15, -0.1) is 0 Å². The summed E-state index contributed by atoms with van der Waals surface area (Å²) in [5.74, 6) is 0.441. The average Bonchev–Trinajstić information content (AvgIpc) is 3.21. The Morgan fingerprint density at radius 2 is 0.679 bits per heavy atom. The number of rotatable bonds is 42. The second kappa shape index (κ2) is 40.6. The zero-order valence-electron chi connectivity index (χ0n) is 38.5. The van der Waals surface area contributed by atoms with Crippen LogP contribution in [0.5, 0.6) is 0 Å². The van der Waals surface area contributed by atoms with Crippen LogP contribution in [-0.4, -0.2) is 110 Å². The molecule has 0 spiro atoms. The highest BCUT2D eigenvalue weighted by molar-refractivity contribution is 5.80. The fourth-order valence-corrected chi connectivity index (χ4v) is 8.31. The molecule has 1 heterocycles. The van der Waals surface area contributed by atoms with Gasteiger partial charge in [0.15, 0.2) is 0 Å². The monoisotopic (exact) mass is 790 g/mol. The molecule has 1 fully saturated rings. The van der Waals surface area contributed by atoms with E-state index in [0.29, 0.717) is 39.3 Å². The summed E-state index contributed by atoms with van der Waals surface area (Å²) in [7, 11) is 0. The summed E-state index contributed by atoms with van der Waals surface area (Å²) in [5.41, 5.74) is 0. The third-order valence-corrected chi connectivity index (χ3v) is 12.3. The van der Waals surface area contributed by atoms with Crippen LogP contribution in [0.4, 0.5) is 0 Å². The van der Waals surface area contributed by atoms with Crippen LogP contribution in [0.15, 0.2) is 0 Å². The highest BCUT2D eigenvalue weighted by Crippen LogP contribution is 2.13. The minimum absolute atomic E-state index is 0.187. The van der Waals surface area contributed by atoms with Gasteiger partial charge < -0.3 is 20.0 Å². The summed E-state index contributed by atoms with van der Waals surface area (Å²) in [6, 6.07) is 0. The van der Waals surface area contributed by atoms with E-state index in [0.717, 1.165) is 32.6 Å². The van der Waals surface area contributed by atoms with Crippen molar-refractivity contribution in [2.75, 3.05) is 78.5 Å². The Morgan fingerprint density at radius 1 is 0.375 bits per heavy atom. The SMILES string of the molecule is CCCCCCCCCCCCNCC(=O)N1CCN(C(=O)CN(CCCCCCCCC)CCN(CCCCCCCCC)CCCCCCCCC)CC1. The molecular formula is C49H99N5O2. The molecule has 0 unspecified atom stereocenters. The number of hydrogen-bond acceptors (Lipinski definition) is 5. The molecule has 332 valence electrons. The minimum atomic E-state index is 0.187. The Bertz CT molecular complexity index is 830. The number of nitrogens with one attached hydrogen (secondary N) is 1. The van der Waals surface area contributed by atoms with Crippen molar-refractivity contribution in [2.24, 2.45) is 0 Å². The fraction of sp³-hybridized carbons (Fsp3) is 0.959. The molecular weight excluding hydrogens is 691 g/mol. The van der Waals surface area contributed by atoms with Gasteiger partial charge in [-0.3, -0.25) is 14.5 Å². The van der Waals surface area contributed by atoms with E-state index in [4.69, 9.17) is 0 Å². The molecule has 1 N–H and O–H groups in total. The largest absolute Gasteiger partial charge is 0.338 e. The molecule has 0 aliphatic carbocycles. The number of unbranched alkanes of at least 4 members (excludes halogenated alkanes) is 27. The third kappa shape index (κ3) is 31.8. The summed E-state index contributed by atoms with van der Waals surface area (Å²) in [6.45, 7) is 19.2. The number of nitrogens with zero attached hydrogens (tertiary/aromatic N) is 4. The van der Waals surface area contributed by atoms with Gasteiger partial charge in [0.1, 0.15) is 0 Å². The van der Waals surface area contributed by atoms with Gasteiger partial charge in [0.2, 0.25) is 11.8 Å². The van der Waals surface area contributed by atoms with Crippen molar-refractivity contribution >= 4 is 11.8 Å². The van der Waals surface area contributed by atoms with E-state index in [-0.39, 0.29) is 11.8 Å². The predicted molar refractivity (Wildman–Crippen MR) is 245 cm³/mol. The molecule has 56 heavy (non-hydrogen) atoms. The number of carbonyl (C=O) groups excluding carboxylic acids is 2. The third-order valence-electron chi connectivity index (χ3n) is 12.3. The van der Waals surface area contributed by atoms with Crippen molar-refractivity contribution in [1.29, 1.82) is 0 Å². The average molecular weight is 790 g/mol. The number of carbonyl (C=O) groups is 2. The molecule has 0 aromatic carbocycles. The lowest BCUT2D eigenvalue weighted by Crippen LogP contribution is -2.54. The Labute approximate surface area is 350 Å². The second-order valence-electron chi connectivity index (χ2n) is 17.6. The van der Waals surface area contributed by atoms with Crippen molar-refractivity contribution in [3.8, 4) is 0 Å². The summed E-state index contributed by atoms with van der Waals surface area (Å²) >= 11 is 0. The van der Waals surface area contributed by atoms with Gasteiger partial charge in [-0.2, -0.15) is 0 Å². The van der Waals surface area contributed by atoms with Crippen LogP contribution in [0, 0.1) is 0 Å². The van der Waals surface area contributed by atoms with Crippen LogP contribution in [-0.2, 0) is 9.59 Å². The summed E-state index contributed by atoms with van der Waals surface area (Å²) in [6.07, 6.45) is 41.4. The topological polar surface area (TPSA) is 59.1 Å². The molecule has 7 heteroatoms. The molecule has 0 aromatic heterocycles. The maximum absolute atomic E-state index is 13.7. The van der Waals surface area contributed by atoms with Crippen LogP contribution < -0.4 is 5.32 Å². The van der Waals surface area contributed by atoms with E-state index in [1.54, 1.807) is 0 Å². The highest BCUT2D eigenvalue weighted by Gasteiger charge is 2.25. The Morgan fingerprint density at radius 3 is 1.07 bits per heavy atom. The second-order valence-corrected chi connectivity index (χ2v) is 17.6. The van der Waals surface area contributed by atoms with E-state index < -0.39 is 0 Å². The Hall–Kier alpha value is -1.18. The van der Waals surface area contributed by atoms with Gasteiger partial charge in [-0.1, -0.05) is 201 Å². The zero-order chi connectivity index (χ0) is 40.6. The van der Waals surface area contributed by atoms with Crippen molar-refractivity contribution in [3.05, 3.63) is 0 Å². The normalized spacial score (nSPS) is 13.5. The first-order valence-corrected chi connectivity index (χ1v) is 25.3. The van der Waals surface area contributed by atoms with Gasteiger partial charge in [0, 0.05) is 39.3 Å². The van der Waals surface area contributed by atoms with E-state index in [1.165, 1.54) is 206 Å². The van der Waals surface area contributed by atoms with Crippen molar-refractivity contribution in [2.45, 2.75) is 227 Å². The molecule has 0 atom stereocenters. The van der Waals surface area contributed by atoms with E-state index in [2.05, 4.69) is 42.8 Å². The van der Waals surface area contributed by atoms with Crippen LogP contribution in [0.25, 0.3) is 0 Å². The zero-order valence-corrected chi connectivity index (χ0v) is 38.5. The van der Waals surface area contributed by atoms with Crippen LogP contribution in [0.2, 0.25) is 0 Å². The molecule has 2 amide bonds. The molecule has 0 saturated carbocycles. The summed E-state index contributed by atoms with van der Waals surface area (Å²) in [4.78, 5) is 35.9. The highest BCUT2D eigenvalue weighted by atomic mass is 16.2. The van der Waals surface area contributed by atoms with E-state index in [9.17, 15) is 9.59 Å². The van der Waals surface area contributed by atoms with Gasteiger partial charge >= 0.3 is 0 Å². The summed E-state index contributed by atoms with van der Waals surface area (Å²) in [5, 5.41) is 3.40. The van der Waals surface area contributed by atoms with Crippen molar-refractivity contribution < 1.29 is 9.59 Å². The lowest BCUT2D eigenvalue weighted by molar-refractivity contribution is -0.139. The molecule has 1 aliphatic rings. The Kier molecular flexibility index (Phi) is 38.3. The van der Waals surface area contributed by atoms with Crippen LogP contribution in [0.1, 0.15) is 227 Å². The Balaban J connectivity index is 2.54. The minimum Gasteiger partial charge on any atom is -0.338 e. The molecule has 0 aromatic rings. The first-order chi connectivity index (χ1) is 27.5. The lowest BCUT2D eigenvalue weighted by Gasteiger charge is -2.36. The van der Waals surface area contributed by atoms with Gasteiger partial charge in [0.25, 0.3) is 0 Å². The fourth-order valence-electron chi connectivity index (χ4n) is 8.31. The number of hydrogen-bond donors (Lipinski definition) is 1. The smallest absolute Gasteiger partial charge is 0.236 e. The molecule has 1 saturated heterocycles. The van der Waals surface area contributed by atoms with Crippen LogP contribution in [0.3, 0.4) is 0 Å². The van der Waals surface area contributed by atoms with Crippen molar-refractivity contribution in [3.63, 3.8) is 0 Å². The molecule has 1 rings (SSSR count).